The lowest BCUT2D eigenvalue weighted by Crippen LogP contribution is -2.19. The Morgan fingerprint density at radius 2 is 1.96 bits per heavy atom. The Morgan fingerprint density at radius 3 is 2.62 bits per heavy atom. The minimum atomic E-state index is -0.879. The average molecular weight is 376 g/mol. The Hall–Kier alpha value is -2.48. The Kier molecular flexibility index (Phi) is 5.51. The maximum atomic E-state index is 13.3. The first-order valence-electron chi connectivity index (χ1n) is 8.11. The Morgan fingerprint density at radius 1 is 1.15 bits per heavy atom. The minimum Gasteiger partial charge on any atom is -0.327 e. The maximum absolute atomic E-state index is 13.3. The van der Waals surface area contributed by atoms with Crippen LogP contribution in [0.15, 0.2) is 46.7 Å². The van der Waals surface area contributed by atoms with Crippen LogP contribution >= 0.6 is 11.8 Å². The fourth-order valence-electron chi connectivity index (χ4n) is 2.54. The van der Waals surface area contributed by atoms with Gasteiger partial charge in [-0.05, 0) is 30.2 Å². The second kappa shape index (κ2) is 7.82. The molecule has 5 nitrogen and oxygen atoms in total. The van der Waals surface area contributed by atoms with Crippen LogP contribution in [0.1, 0.15) is 23.6 Å². The normalized spacial score (nSPS) is 11.1. The van der Waals surface area contributed by atoms with Crippen LogP contribution in [-0.2, 0) is 25.8 Å². The summed E-state index contributed by atoms with van der Waals surface area (Å²) in [5.74, 6) is -1.36. The molecular weight excluding hydrogens is 358 g/mol. The Bertz CT molecular complexity index is 984. The molecule has 26 heavy (non-hydrogen) atoms. The van der Waals surface area contributed by atoms with Crippen molar-refractivity contribution in [2.24, 2.45) is 7.05 Å². The molecule has 3 aromatic rings. The summed E-state index contributed by atoms with van der Waals surface area (Å²) < 4.78 is 29.9. The lowest BCUT2D eigenvalue weighted by atomic mass is 10.1. The third-order valence-electron chi connectivity index (χ3n) is 3.87. The van der Waals surface area contributed by atoms with E-state index in [1.165, 1.54) is 17.8 Å². The summed E-state index contributed by atoms with van der Waals surface area (Å²) in [7, 11) is 1.82. The van der Waals surface area contributed by atoms with E-state index in [-0.39, 0.29) is 5.56 Å². The van der Waals surface area contributed by atoms with Gasteiger partial charge < -0.3 is 4.57 Å². The number of benzene rings is 1. The number of thioether (sulfide) groups is 1. The second-order valence-electron chi connectivity index (χ2n) is 5.88. The predicted molar refractivity (Wildman–Crippen MR) is 96.1 cm³/mol. The number of aromatic nitrogens is 4. The van der Waals surface area contributed by atoms with Gasteiger partial charge in [-0.15, -0.1) is 0 Å². The number of hydrogen-bond donors (Lipinski definition) is 0. The number of hydrogen-bond acceptors (Lipinski definition) is 4. The third kappa shape index (κ3) is 4.19. The fraction of sp³-hybridized carbons (Fsp3) is 0.278. The second-order valence-corrected chi connectivity index (χ2v) is 6.82. The molecule has 0 N–H and O–H groups in total. The molecule has 0 amide bonds. The molecule has 0 fully saturated rings. The molecule has 0 saturated carbocycles. The first kappa shape index (κ1) is 18.3. The SMILES string of the molecule is CCn1cc(Cc2cnn(C)c2)c(=O)nc1SCc1ccc(F)c(F)c1. The van der Waals surface area contributed by atoms with Gasteiger partial charge in [0.1, 0.15) is 0 Å². The van der Waals surface area contributed by atoms with Crippen LogP contribution in [0.25, 0.3) is 0 Å². The van der Waals surface area contributed by atoms with E-state index in [0.29, 0.717) is 35.0 Å². The highest BCUT2D eigenvalue weighted by Crippen LogP contribution is 2.22. The van der Waals surface area contributed by atoms with Crippen LogP contribution in [0.5, 0.6) is 0 Å². The van der Waals surface area contributed by atoms with Crippen molar-refractivity contribution in [3.05, 3.63) is 75.5 Å². The summed E-state index contributed by atoms with van der Waals surface area (Å²) in [4.78, 5) is 16.5. The van der Waals surface area contributed by atoms with Crippen LogP contribution in [-0.4, -0.2) is 19.3 Å². The lowest BCUT2D eigenvalue weighted by Gasteiger charge is -2.11. The van der Waals surface area contributed by atoms with E-state index < -0.39 is 11.6 Å². The van der Waals surface area contributed by atoms with Crippen molar-refractivity contribution in [1.82, 2.24) is 19.3 Å². The fourth-order valence-corrected chi connectivity index (χ4v) is 3.52. The zero-order valence-electron chi connectivity index (χ0n) is 14.4. The number of rotatable bonds is 6. The number of aryl methyl sites for hydroxylation is 2. The highest BCUT2D eigenvalue weighted by molar-refractivity contribution is 7.98. The molecule has 3 rings (SSSR count). The standard InChI is InChI=1S/C18H18F2N4OS/c1-3-24-10-14(6-13-8-21-23(2)9-13)17(25)22-18(24)26-11-12-4-5-15(19)16(20)7-12/h4-5,7-10H,3,6,11H2,1-2H3. The van der Waals surface area contributed by atoms with Crippen LogP contribution < -0.4 is 5.56 Å². The first-order chi connectivity index (χ1) is 12.5. The maximum Gasteiger partial charge on any atom is 0.277 e. The van der Waals surface area contributed by atoms with Gasteiger partial charge in [-0.1, -0.05) is 17.8 Å². The van der Waals surface area contributed by atoms with Crippen LogP contribution in [0.3, 0.4) is 0 Å². The van der Waals surface area contributed by atoms with Gasteiger partial charge in [0.25, 0.3) is 5.56 Å². The summed E-state index contributed by atoms with van der Waals surface area (Å²) in [6, 6.07) is 3.78. The van der Waals surface area contributed by atoms with E-state index in [1.807, 2.05) is 24.7 Å². The third-order valence-corrected chi connectivity index (χ3v) is 4.94. The van der Waals surface area contributed by atoms with Crippen molar-refractivity contribution in [3.8, 4) is 0 Å². The smallest absolute Gasteiger partial charge is 0.277 e. The average Bonchev–Trinajstić information content (AvgIpc) is 3.02. The molecule has 0 atom stereocenters. The molecule has 0 bridgehead atoms. The largest absolute Gasteiger partial charge is 0.327 e. The molecular formula is C18H18F2N4OS. The van der Waals surface area contributed by atoms with Crippen LogP contribution in [0.4, 0.5) is 8.78 Å². The molecule has 0 spiro atoms. The van der Waals surface area contributed by atoms with Crippen molar-refractivity contribution >= 4 is 11.8 Å². The molecule has 0 radical (unpaired) electrons. The highest BCUT2D eigenvalue weighted by Gasteiger charge is 2.11. The van der Waals surface area contributed by atoms with Crippen LogP contribution in [0, 0.1) is 11.6 Å². The quantitative estimate of drug-likeness (QED) is 0.490. The van der Waals surface area contributed by atoms with E-state index in [1.54, 1.807) is 17.1 Å². The zero-order chi connectivity index (χ0) is 18.7. The Labute approximate surface area is 153 Å². The van der Waals surface area contributed by atoms with Crippen molar-refractivity contribution in [1.29, 1.82) is 0 Å². The molecule has 136 valence electrons. The van der Waals surface area contributed by atoms with Crippen molar-refractivity contribution in [2.75, 3.05) is 0 Å². The Balaban J connectivity index is 1.80. The van der Waals surface area contributed by atoms with Crippen LogP contribution in [0.2, 0.25) is 0 Å². The highest BCUT2D eigenvalue weighted by atomic mass is 32.2. The monoisotopic (exact) mass is 376 g/mol. The number of halogens is 2. The zero-order valence-corrected chi connectivity index (χ0v) is 15.3. The van der Waals surface area contributed by atoms with Gasteiger partial charge in [-0.25, -0.2) is 8.78 Å². The molecule has 2 aromatic heterocycles. The van der Waals surface area contributed by atoms with Gasteiger partial charge >= 0.3 is 0 Å². The minimum absolute atomic E-state index is 0.286. The van der Waals surface area contributed by atoms with Gasteiger partial charge in [0.2, 0.25) is 0 Å². The summed E-state index contributed by atoms with van der Waals surface area (Å²) in [5.41, 5.74) is 1.88. The summed E-state index contributed by atoms with van der Waals surface area (Å²) in [5, 5.41) is 4.66. The molecule has 0 aliphatic carbocycles. The predicted octanol–water partition coefficient (Wildman–Crippen LogP) is 3.16. The van der Waals surface area contributed by atoms with Crippen molar-refractivity contribution < 1.29 is 8.78 Å². The molecule has 0 unspecified atom stereocenters. The van der Waals surface area contributed by atoms with Gasteiger partial charge in [0.05, 0.1) is 6.20 Å². The van der Waals surface area contributed by atoms with Gasteiger partial charge in [-0.3, -0.25) is 9.48 Å². The molecule has 0 aliphatic rings. The van der Waals surface area contributed by atoms with E-state index in [4.69, 9.17) is 0 Å². The summed E-state index contributed by atoms with van der Waals surface area (Å²) >= 11 is 1.32. The topological polar surface area (TPSA) is 52.7 Å². The lowest BCUT2D eigenvalue weighted by molar-refractivity contribution is 0.507. The molecule has 1 aromatic carbocycles. The molecule has 0 saturated heterocycles. The van der Waals surface area contributed by atoms with E-state index >= 15 is 0 Å². The number of nitrogens with zero attached hydrogens (tertiary/aromatic N) is 4. The van der Waals surface area contributed by atoms with E-state index in [9.17, 15) is 13.6 Å². The van der Waals surface area contributed by atoms with Gasteiger partial charge in [-0.2, -0.15) is 10.1 Å². The summed E-state index contributed by atoms with van der Waals surface area (Å²) in [6.45, 7) is 2.61. The molecule has 0 aliphatic heterocycles. The van der Waals surface area contributed by atoms with E-state index in [2.05, 4.69) is 10.1 Å². The molecule has 2 heterocycles. The van der Waals surface area contributed by atoms with Gasteiger partial charge in [0, 0.05) is 43.7 Å². The first-order valence-corrected chi connectivity index (χ1v) is 9.09. The molecule has 8 heteroatoms. The van der Waals surface area contributed by atoms with Crippen molar-refractivity contribution in [3.63, 3.8) is 0 Å². The van der Waals surface area contributed by atoms with Crippen molar-refractivity contribution in [2.45, 2.75) is 30.8 Å². The van der Waals surface area contributed by atoms with E-state index in [0.717, 1.165) is 17.7 Å². The van der Waals surface area contributed by atoms with Gasteiger partial charge in [0.15, 0.2) is 16.8 Å². The summed E-state index contributed by atoms with van der Waals surface area (Å²) in [6.07, 6.45) is 5.85.